The van der Waals surface area contributed by atoms with E-state index in [2.05, 4.69) is 0 Å². The number of hydrogen-bond acceptors (Lipinski definition) is 2. The van der Waals surface area contributed by atoms with Crippen LogP contribution in [-0.4, -0.2) is 15.6 Å². The van der Waals surface area contributed by atoms with Crippen LogP contribution in [0.4, 0.5) is 4.39 Å². The number of benzene rings is 1. The van der Waals surface area contributed by atoms with E-state index in [4.69, 9.17) is 5.11 Å². The fourth-order valence-electron chi connectivity index (χ4n) is 1.68. The Balaban J connectivity index is 3.04. The molecule has 0 saturated carbocycles. The van der Waals surface area contributed by atoms with E-state index < -0.39 is 17.2 Å². The maximum absolute atomic E-state index is 13.5. The number of para-hydroxylation sites is 1. The summed E-state index contributed by atoms with van der Waals surface area (Å²) in [5, 5.41) is 9.03. The minimum Gasteiger partial charge on any atom is -0.477 e. The van der Waals surface area contributed by atoms with E-state index in [0.29, 0.717) is 0 Å². The third-order valence-electron chi connectivity index (χ3n) is 2.44. The van der Waals surface area contributed by atoms with Crippen molar-refractivity contribution in [3.05, 3.63) is 46.0 Å². The number of aromatic nitrogens is 1. The van der Waals surface area contributed by atoms with Crippen molar-refractivity contribution in [2.24, 2.45) is 7.05 Å². The minimum absolute atomic E-state index is 0.00685. The topological polar surface area (TPSA) is 59.3 Å². The molecule has 0 saturated heterocycles. The molecule has 0 amide bonds. The molecule has 16 heavy (non-hydrogen) atoms. The molecule has 0 aliphatic carbocycles. The molecule has 2 rings (SSSR count). The maximum atomic E-state index is 13.5. The lowest BCUT2D eigenvalue weighted by Crippen LogP contribution is -2.16. The summed E-state index contributed by atoms with van der Waals surface area (Å²) >= 11 is 0. The molecule has 4 nitrogen and oxygen atoms in total. The van der Waals surface area contributed by atoms with Crippen LogP contribution in [-0.2, 0) is 7.05 Å². The van der Waals surface area contributed by atoms with Crippen LogP contribution in [0.1, 0.15) is 10.5 Å². The van der Waals surface area contributed by atoms with Gasteiger partial charge in [-0.25, -0.2) is 9.18 Å². The number of pyridine rings is 1. The number of nitrogens with zero attached hydrogens (tertiary/aromatic N) is 1. The van der Waals surface area contributed by atoms with Gasteiger partial charge in [-0.2, -0.15) is 0 Å². The highest BCUT2D eigenvalue weighted by atomic mass is 19.1. The van der Waals surface area contributed by atoms with Gasteiger partial charge in [0, 0.05) is 18.5 Å². The first-order valence-electron chi connectivity index (χ1n) is 4.54. The van der Waals surface area contributed by atoms with Crippen LogP contribution < -0.4 is 5.43 Å². The highest BCUT2D eigenvalue weighted by molar-refractivity contribution is 5.90. The van der Waals surface area contributed by atoms with Crippen LogP contribution in [0.5, 0.6) is 0 Å². The molecule has 2 aromatic rings. The van der Waals surface area contributed by atoms with Crippen molar-refractivity contribution in [3.63, 3.8) is 0 Å². The van der Waals surface area contributed by atoms with Gasteiger partial charge in [-0.1, -0.05) is 6.07 Å². The van der Waals surface area contributed by atoms with Crippen molar-refractivity contribution in [1.29, 1.82) is 0 Å². The molecule has 0 unspecified atom stereocenters. The van der Waals surface area contributed by atoms with Gasteiger partial charge in [0.25, 0.3) is 0 Å². The molecule has 0 radical (unpaired) electrons. The van der Waals surface area contributed by atoms with E-state index in [1.807, 2.05) is 0 Å². The monoisotopic (exact) mass is 221 g/mol. The second-order valence-corrected chi connectivity index (χ2v) is 3.39. The first-order valence-corrected chi connectivity index (χ1v) is 4.54. The first kappa shape index (κ1) is 10.4. The number of carbonyl (C=O) groups is 1. The van der Waals surface area contributed by atoms with Crippen molar-refractivity contribution in [3.8, 4) is 0 Å². The second-order valence-electron chi connectivity index (χ2n) is 3.39. The van der Waals surface area contributed by atoms with Gasteiger partial charge in [-0.15, -0.1) is 0 Å². The zero-order valence-corrected chi connectivity index (χ0v) is 8.40. The number of aromatic carboxylic acids is 1. The van der Waals surface area contributed by atoms with Gasteiger partial charge < -0.3 is 9.67 Å². The predicted molar refractivity (Wildman–Crippen MR) is 56.1 cm³/mol. The van der Waals surface area contributed by atoms with Gasteiger partial charge in [0.1, 0.15) is 11.5 Å². The van der Waals surface area contributed by atoms with E-state index in [9.17, 15) is 14.0 Å². The molecule has 1 aromatic carbocycles. The Bertz CT molecular complexity index is 645. The Morgan fingerprint density at radius 1 is 1.44 bits per heavy atom. The van der Waals surface area contributed by atoms with E-state index in [-0.39, 0.29) is 16.6 Å². The lowest BCUT2D eigenvalue weighted by atomic mass is 10.1. The second kappa shape index (κ2) is 3.44. The molecule has 0 aliphatic rings. The molecule has 1 aromatic heterocycles. The summed E-state index contributed by atoms with van der Waals surface area (Å²) < 4.78 is 14.7. The van der Waals surface area contributed by atoms with Crippen LogP contribution in [0.25, 0.3) is 10.9 Å². The van der Waals surface area contributed by atoms with Gasteiger partial charge in [-0.3, -0.25) is 4.79 Å². The standard InChI is InChI=1S/C11H8FNO3/c1-13-8(11(15)16)5-9(14)6-3-2-4-7(12)10(6)13/h2-5H,1H3,(H,15,16). The summed E-state index contributed by atoms with van der Waals surface area (Å²) in [6.45, 7) is 0. The van der Waals surface area contributed by atoms with Gasteiger partial charge >= 0.3 is 5.97 Å². The van der Waals surface area contributed by atoms with Gasteiger partial charge in [0.15, 0.2) is 5.43 Å². The van der Waals surface area contributed by atoms with Gasteiger partial charge in [0.05, 0.1) is 5.52 Å². The van der Waals surface area contributed by atoms with Gasteiger partial charge in [0.2, 0.25) is 0 Å². The molecule has 0 spiro atoms. The SMILES string of the molecule is Cn1c(C(=O)O)cc(=O)c2cccc(F)c21. The van der Waals surface area contributed by atoms with Crippen molar-refractivity contribution in [1.82, 2.24) is 4.57 Å². The summed E-state index contributed by atoms with van der Waals surface area (Å²) in [5.74, 6) is -1.87. The maximum Gasteiger partial charge on any atom is 0.352 e. The Morgan fingerprint density at radius 3 is 2.75 bits per heavy atom. The molecule has 5 heteroatoms. The largest absolute Gasteiger partial charge is 0.477 e. The molecular weight excluding hydrogens is 213 g/mol. The van der Waals surface area contributed by atoms with Crippen LogP contribution in [0.15, 0.2) is 29.1 Å². The summed E-state index contributed by atoms with van der Waals surface area (Å²) in [6, 6.07) is 5.06. The summed E-state index contributed by atoms with van der Waals surface area (Å²) in [7, 11) is 1.41. The van der Waals surface area contributed by atoms with Crippen LogP contribution in [0.2, 0.25) is 0 Å². The molecule has 0 bridgehead atoms. The van der Waals surface area contributed by atoms with Crippen LogP contribution in [0.3, 0.4) is 0 Å². The van der Waals surface area contributed by atoms with E-state index in [1.165, 1.54) is 25.2 Å². The highest BCUT2D eigenvalue weighted by Gasteiger charge is 2.14. The number of aryl methyl sites for hydroxylation is 1. The zero-order chi connectivity index (χ0) is 11.9. The van der Waals surface area contributed by atoms with Crippen molar-refractivity contribution in [2.45, 2.75) is 0 Å². The van der Waals surface area contributed by atoms with Crippen LogP contribution in [0, 0.1) is 5.82 Å². The summed E-state index contributed by atoms with van der Waals surface area (Å²) in [5.41, 5.74) is -0.722. The summed E-state index contributed by atoms with van der Waals surface area (Å²) in [4.78, 5) is 22.4. The van der Waals surface area contributed by atoms with E-state index in [0.717, 1.165) is 10.6 Å². The zero-order valence-electron chi connectivity index (χ0n) is 8.40. The number of hydrogen-bond donors (Lipinski definition) is 1. The fraction of sp³-hybridized carbons (Fsp3) is 0.0909. The number of carboxylic acid groups (broad SMARTS) is 1. The number of halogens is 1. The number of fused-ring (bicyclic) bond motifs is 1. The Kier molecular flexibility index (Phi) is 2.23. The van der Waals surface area contributed by atoms with Crippen molar-refractivity contribution in [2.75, 3.05) is 0 Å². The molecule has 1 heterocycles. The Hall–Kier alpha value is -2.17. The fourth-order valence-corrected chi connectivity index (χ4v) is 1.68. The average Bonchev–Trinajstić information content (AvgIpc) is 2.22. The van der Waals surface area contributed by atoms with Crippen molar-refractivity contribution < 1.29 is 14.3 Å². The lowest BCUT2D eigenvalue weighted by Gasteiger charge is -2.09. The average molecular weight is 221 g/mol. The molecule has 0 fully saturated rings. The normalized spacial score (nSPS) is 10.6. The molecule has 0 aliphatic heterocycles. The molecule has 82 valence electrons. The minimum atomic E-state index is -1.26. The first-order chi connectivity index (χ1) is 7.52. The van der Waals surface area contributed by atoms with E-state index in [1.54, 1.807) is 0 Å². The van der Waals surface area contributed by atoms with E-state index >= 15 is 0 Å². The lowest BCUT2D eigenvalue weighted by molar-refractivity contribution is 0.0686. The third-order valence-corrected chi connectivity index (χ3v) is 2.44. The highest BCUT2D eigenvalue weighted by Crippen LogP contribution is 2.15. The molecular formula is C11H8FNO3. The van der Waals surface area contributed by atoms with Crippen LogP contribution >= 0.6 is 0 Å². The number of rotatable bonds is 1. The Labute approximate surface area is 89.6 Å². The molecule has 0 atom stereocenters. The van der Waals surface area contributed by atoms with Gasteiger partial charge in [-0.05, 0) is 12.1 Å². The third kappa shape index (κ3) is 1.37. The quantitative estimate of drug-likeness (QED) is 0.791. The molecule has 1 N–H and O–H groups in total. The summed E-state index contributed by atoms with van der Waals surface area (Å²) in [6.07, 6.45) is 0. The Morgan fingerprint density at radius 2 is 2.12 bits per heavy atom. The van der Waals surface area contributed by atoms with Crippen molar-refractivity contribution >= 4 is 16.9 Å². The predicted octanol–water partition coefficient (Wildman–Crippen LogP) is 1.38. The number of carboxylic acids is 1. The smallest absolute Gasteiger partial charge is 0.352 e.